The monoisotopic (exact) mass is 650 g/mol. The maximum absolute atomic E-state index is 14.5. The Labute approximate surface area is 270 Å². The summed E-state index contributed by atoms with van der Waals surface area (Å²) in [6, 6.07) is 19.8. The van der Waals surface area contributed by atoms with Gasteiger partial charge < -0.3 is 20.1 Å². The molecule has 12 heteroatoms. The fourth-order valence-corrected chi connectivity index (χ4v) is 5.20. The molecule has 4 rings (SSSR count). The van der Waals surface area contributed by atoms with E-state index in [1.165, 1.54) is 41.3 Å². The van der Waals surface area contributed by atoms with Crippen LogP contribution in [-0.4, -0.2) is 38.1 Å². The molecule has 0 fully saturated rings. The molecule has 7 nitrogen and oxygen atoms in total. The molecule has 0 bridgehead atoms. The molecule has 240 valence electrons. The van der Waals surface area contributed by atoms with Crippen molar-refractivity contribution in [1.82, 2.24) is 19.8 Å². The number of anilines is 1. The van der Waals surface area contributed by atoms with Crippen LogP contribution >= 0.6 is 12.2 Å². The number of nitrogens with zero attached hydrogens (tertiary/aromatic N) is 4. The number of imidazole rings is 1. The summed E-state index contributed by atoms with van der Waals surface area (Å²) in [5, 5.41) is 15.0. The van der Waals surface area contributed by atoms with E-state index in [1.54, 1.807) is 30.7 Å². The molecule has 2 N–H and O–H groups in total. The van der Waals surface area contributed by atoms with Gasteiger partial charge in [-0.15, -0.1) is 0 Å². The van der Waals surface area contributed by atoms with Crippen molar-refractivity contribution in [3.63, 3.8) is 0 Å². The van der Waals surface area contributed by atoms with Crippen molar-refractivity contribution in [3.8, 4) is 6.07 Å². The van der Waals surface area contributed by atoms with Gasteiger partial charge in [0.15, 0.2) is 5.11 Å². The van der Waals surface area contributed by atoms with Crippen LogP contribution in [0.5, 0.6) is 0 Å². The minimum absolute atomic E-state index is 0.00591. The van der Waals surface area contributed by atoms with E-state index in [2.05, 4.69) is 21.7 Å². The highest BCUT2D eigenvalue weighted by molar-refractivity contribution is 7.80. The van der Waals surface area contributed by atoms with Gasteiger partial charge in [-0.1, -0.05) is 62.7 Å². The lowest BCUT2D eigenvalue weighted by molar-refractivity contribution is -0.138. The van der Waals surface area contributed by atoms with Gasteiger partial charge in [-0.05, 0) is 59.6 Å². The van der Waals surface area contributed by atoms with Crippen molar-refractivity contribution >= 4 is 28.9 Å². The topological polar surface area (TPSA) is 86.0 Å². The minimum Gasteiger partial charge on any atom is -0.351 e. The van der Waals surface area contributed by atoms with Gasteiger partial charge in [0.25, 0.3) is 0 Å². The Kier molecular flexibility index (Phi) is 11.5. The second-order valence-electron chi connectivity index (χ2n) is 11.0. The molecular weight excluding hydrogens is 616 g/mol. The summed E-state index contributed by atoms with van der Waals surface area (Å²) >= 11 is 5.62. The van der Waals surface area contributed by atoms with E-state index < -0.39 is 23.6 Å². The van der Waals surface area contributed by atoms with Crippen LogP contribution in [-0.2, 0) is 30.5 Å². The van der Waals surface area contributed by atoms with Gasteiger partial charge in [0.2, 0.25) is 5.91 Å². The Hall–Kier alpha value is -4.76. The number of aromatic nitrogens is 2. The zero-order valence-corrected chi connectivity index (χ0v) is 26.2. The van der Waals surface area contributed by atoms with Crippen LogP contribution in [0, 0.1) is 23.1 Å². The van der Waals surface area contributed by atoms with Crippen molar-refractivity contribution in [2.75, 3.05) is 11.9 Å². The highest BCUT2D eigenvalue weighted by atomic mass is 32.1. The van der Waals surface area contributed by atoms with Crippen molar-refractivity contribution in [2.45, 2.75) is 52.0 Å². The number of thiocarbonyl (C=S) groups is 1. The molecule has 3 aromatic carbocycles. The van der Waals surface area contributed by atoms with Crippen LogP contribution in [0.3, 0.4) is 0 Å². The number of benzene rings is 3. The first kappa shape index (κ1) is 34.1. The zero-order chi connectivity index (χ0) is 33.3. The van der Waals surface area contributed by atoms with E-state index in [0.29, 0.717) is 24.2 Å². The molecule has 0 radical (unpaired) electrons. The van der Waals surface area contributed by atoms with Crippen molar-refractivity contribution in [2.24, 2.45) is 5.92 Å². The van der Waals surface area contributed by atoms with E-state index in [9.17, 15) is 22.4 Å². The number of carbonyl (C=O) groups is 1. The van der Waals surface area contributed by atoms with Crippen LogP contribution in [0.15, 0.2) is 85.3 Å². The minimum atomic E-state index is -4.59. The van der Waals surface area contributed by atoms with Gasteiger partial charge in [-0.25, -0.2) is 9.37 Å². The predicted octanol–water partition coefficient (Wildman–Crippen LogP) is 6.93. The normalized spacial score (nSPS) is 12.5. The smallest absolute Gasteiger partial charge is 0.351 e. The first-order valence-corrected chi connectivity index (χ1v) is 15.1. The number of para-hydroxylation sites is 1. The predicted molar refractivity (Wildman–Crippen MR) is 172 cm³/mol. The second kappa shape index (κ2) is 15.5. The number of halogens is 4. The lowest BCUT2D eigenvalue weighted by Gasteiger charge is -2.34. The molecule has 0 aliphatic heterocycles. The summed E-state index contributed by atoms with van der Waals surface area (Å²) in [6.45, 7) is 4.18. The maximum Gasteiger partial charge on any atom is 0.416 e. The number of hydrogen-bond acceptors (Lipinski definition) is 4. The molecule has 4 aromatic rings. The molecule has 0 saturated carbocycles. The lowest BCUT2D eigenvalue weighted by Crippen LogP contribution is -2.50. The summed E-state index contributed by atoms with van der Waals surface area (Å²) < 4.78 is 58.1. The average molecular weight is 651 g/mol. The van der Waals surface area contributed by atoms with Gasteiger partial charge in [0.05, 0.1) is 35.6 Å². The molecule has 0 aliphatic carbocycles. The van der Waals surface area contributed by atoms with Gasteiger partial charge >= 0.3 is 6.18 Å². The highest BCUT2D eigenvalue weighted by Crippen LogP contribution is 2.32. The quantitative estimate of drug-likeness (QED) is 0.128. The summed E-state index contributed by atoms with van der Waals surface area (Å²) in [4.78, 5) is 19.1. The standard InChI is InChI=1S/C34H34F4N6OS/c1-3-23(2)31(41-32(45)16-27-18-40-22-44(27)19-25-14-12-24(17-39)13-15-25)21-43(33(46)42-30-11-7-6-10-29(30)35)20-26-8-4-5-9-28(26)34(36,37)38/h4-15,18,22-23,31H,3,16,19-21H2,1-2H3,(H,41,45)(H,42,46)/t23-,31+/m0/s1. The fraction of sp³-hybridized carbons (Fsp3) is 0.294. The molecule has 0 aliphatic rings. The molecule has 1 amide bonds. The Morgan fingerprint density at radius 3 is 2.46 bits per heavy atom. The van der Waals surface area contributed by atoms with E-state index >= 15 is 0 Å². The second-order valence-corrected chi connectivity index (χ2v) is 11.4. The average Bonchev–Trinajstić information content (AvgIpc) is 3.46. The molecule has 0 saturated heterocycles. The lowest BCUT2D eigenvalue weighted by atomic mass is 9.97. The number of nitriles is 1. The first-order valence-electron chi connectivity index (χ1n) is 14.7. The first-order chi connectivity index (χ1) is 22.0. The van der Waals surface area contributed by atoms with Crippen molar-refractivity contribution in [1.29, 1.82) is 5.26 Å². The molecule has 1 aromatic heterocycles. The third-order valence-corrected chi connectivity index (χ3v) is 8.12. The Bertz CT molecular complexity index is 1680. The van der Waals surface area contributed by atoms with E-state index in [0.717, 1.165) is 11.6 Å². The fourth-order valence-electron chi connectivity index (χ4n) is 4.95. The Balaban J connectivity index is 1.55. The van der Waals surface area contributed by atoms with Gasteiger partial charge in [-0.2, -0.15) is 18.4 Å². The summed E-state index contributed by atoms with van der Waals surface area (Å²) in [5.74, 6) is -0.940. The third kappa shape index (κ3) is 9.14. The summed E-state index contributed by atoms with van der Waals surface area (Å²) in [5.41, 5.74) is 1.42. The number of nitrogens with one attached hydrogen (secondary N) is 2. The number of rotatable bonds is 12. The Morgan fingerprint density at radius 1 is 1.09 bits per heavy atom. The zero-order valence-electron chi connectivity index (χ0n) is 25.4. The molecule has 1 heterocycles. The molecule has 46 heavy (non-hydrogen) atoms. The number of hydrogen-bond donors (Lipinski definition) is 2. The molecule has 2 atom stereocenters. The van der Waals surface area contributed by atoms with Crippen molar-refractivity contribution < 1.29 is 22.4 Å². The van der Waals surface area contributed by atoms with E-state index in [1.807, 2.05) is 30.5 Å². The van der Waals surface area contributed by atoms with E-state index in [-0.39, 0.29) is 47.7 Å². The molecule has 0 unspecified atom stereocenters. The highest BCUT2D eigenvalue weighted by Gasteiger charge is 2.34. The Morgan fingerprint density at radius 2 is 1.78 bits per heavy atom. The molecular formula is C34H34F4N6OS. The van der Waals surface area contributed by atoms with Crippen LogP contribution in [0.2, 0.25) is 0 Å². The third-order valence-electron chi connectivity index (χ3n) is 7.76. The number of alkyl halides is 3. The summed E-state index contributed by atoms with van der Waals surface area (Å²) in [6.07, 6.45) is -0.678. The van der Waals surface area contributed by atoms with Crippen LogP contribution in [0.4, 0.5) is 23.2 Å². The van der Waals surface area contributed by atoms with Gasteiger partial charge in [0, 0.05) is 37.6 Å². The largest absolute Gasteiger partial charge is 0.416 e. The van der Waals surface area contributed by atoms with Crippen LogP contribution in [0.25, 0.3) is 0 Å². The van der Waals surface area contributed by atoms with Gasteiger partial charge in [0.1, 0.15) is 5.82 Å². The summed E-state index contributed by atoms with van der Waals surface area (Å²) in [7, 11) is 0. The van der Waals surface area contributed by atoms with Crippen LogP contribution < -0.4 is 10.6 Å². The SMILES string of the molecule is CC[C@H](C)[C@@H](CN(Cc1ccccc1C(F)(F)F)C(=S)Nc1ccccc1F)NC(=O)Cc1cncn1Cc1ccc(C#N)cc1. The van der Waals surface area contributed by atoms with Crippen LogP contribution in [0.1, 0.15) is 48.2 Å². The van der Waals surface area contributed by atoms with Crippen molar-refractivity contribution in [3.05, 3.63) is 119 Å². The maximum atomic E-state index is 14.5. The molecule has 0 spiro atoms. The van der Waals surface area contributed by atoms with Gasteiger partial charge in [-0.3, -0.25) is 4.79 Å². The number of carbonyl (C=O) groups excluding carboxylic acids is 1. The number of amides is 1. The van der Waals surface area contributed by atoms with E-state index in [4.69, 9.17) is 17.5 Å².